The van der Waals surface area contributed by atoms with Crippen LogP contribution < -0.4 is 10.1 Å². The number of nitrogens with zero attached hydrogens (tertiary/aromatic N) is 2. The second kappa shape index (κ2) is 7.60. The van der Waals surface area contributed by atoms with Gasteiger partial charge in [0, 0.05) is 35.6 Å². The molecule has 0 radical (unpaired) electrons. The first-order valence-corrected chi connectivity index (χ1v) is 7.39. The second-order valence-electron chi connectivity index (χ2n) is 5.05. The number of nitrogens with one attached hydrogen (secondary N) is 1. The molecule has 0 aliphatic carbocycles. The molecule has 2 N–H and O–H groups in total. The molecular weight excluding hydrogens is 294 g/mol. The zero-order valence-corrected chi connectivity index (χ0v) is 13.5. The number of rotatable bonds is 6. The summed E-state index contributed by atoms with van der Waals surface area (Å²) < 4.78 is 7.16. The molecule has 23 heavy (non-hydrogen) atoms. The van der Waals surface area contributed by atoms with E-state index in [-0.39, 0.29) is 12.5 Å². The number of aryl methyl sites for hydroxylation is 1. The van der Waals surface area contributed by atoms with Crippen LogP contribution in [0.1, 0.15) is 23.7 Å². The van der Waals surface area contributed by atoms with Crippen LogP contribution in [0, 0.1) is 6.92 Å². The predicted octanol–water partition coefficient (Wildman–Crippen LogP) is 2.27. The van der Waals surface area contributed by atoms with Gasteiger partial charge in [0.25, 0.3) is 0 Å². The maximum atomic E-state index is 12.0. The summed E-state index contributed by atoms with van der Waals surface area (Å²) in [4.78, 5) is 12.0. The van der Waals surface area contributed by atoms with Crippen molar-refractivity contribution in [1.82, 2.24) is 9.78 Å². The number of benzene rings is 1. The Balaban J connectivity index is 2.06. The third-order valence-electron chi connectivity index (χ3n) is 3.49. The van der Waals surface area contributed by atoms with Crippen LogP contribution in [-0.2, 0) is 18.4 Å². The highest BCUT2D eigenvalue weighted by Crippen LogP contribution is 2.23. The molecule has 2 rings (SSSR count). The largest absolute Gasteiger partial charge is 0.494 e. The Bertz CT molecular complexity index is 720. The molecule has 122 valence electrons. The Morgan fingerprint density at radius 1 is 1.48 bits per heavy atom. The zero-order valence-electron chi connectivity index (χ0n) is 13.5. The lowest BCUT2D eigenvalue weighted by Crippen LogP contribution is -2.08. The third-order valence-corrected chi connectivity index (χ3v) is 3.49. The van der Waals surface area contributed by atoms with E-state index in [9.17, 15) is 9.90 Å². The van der Waals surface area contributed by atoms with Crippen molar-refractivity contribution in [1.29, 1.82) is 0 Å². The first-order chi connectivity index (χ1) is 11.0. The highest BCUT2D eigenvalue weighted by atomic mass is 16.5. The predicted molar refractivity (Wildman–Crippen MR) is 89.1 cm³/mol. The van der Waals surface area contributed by atoms with E-state index in [0.29, 0.717) is 23.6 Å². The molecule has 1 amide bonds. The van der Waals surface area contributed by atoms with Gasteiger partial charge in [-0.15, -0.1) is 0 Å². The van der Waals surface area contributed by atoms with Crippen LogP contribution in [0.2, 0.25) is 0 Å². The van der Waals surface area contributed by atoms with Gasteiger partial charge in [0.1, 0.15) is 5.75 Å². The number of carbonyl (C=O) groups excluding carboxylic acids is 1. The number of ether oxygens (including phenoxy) is 1. The smallest absolute Gasteiger partial charge is 0.248 e. The van der Waals surface area contributed by atoms with Crippen LogP contribution >= 0.6 is 0 Å². The van der Waals surface area contributed by atoms with Crippen molar-refractivity contribution in [2.75, 3.05) is 11.9 Å². The average molecular weight is 315 g/mol. The van der Waals surface area contributed by atoms with Crippen molar-refractivity contribution in [3.63, 3.8) is 0 Å². The van der Waals surface area contributed by atoms with E-state index >= 15 is 0 Å². The van der Waals surface area contributed by atoms with Crippen LogP contribution in [0.4, 0.5) is 5.69 Å². The van der Waals surface area contributed by atoms with E-state index in [1.807, 2.05) is 20.9 Å². The molecule has 0 bridgehead atoms. The van der Waals surface area contributed by atoms with Gasteiger partial charge in [-0.2, -0.15) is 5.10 Å². The third kappa shape index (κ3) is 4.20. The van der Waals surface area contributed by atoms with Gasteiger partial charge < -0.3 is 15.2 Å². The lowest BCUT2D eigenvalue weighted by atomic mass is 10.2. The van der Waals surface area contributed by atoms with Gasteiger partial charge in [-0.05, 0) is 38.1 Å². The molecule has 0 atom stereocenters. The van der Waals surface area contributed by atoms with E-state index in [4.69, 9.17) is 4.74 Å². The first kappa shape index (κ1) is 16.8. The van der Waals surface area contributed by atoms with Crippen molar-refractivity contribution < 1.29 is 14.6 Å². The molecule has 1 aromatic carbocycles. The summed E-state index contributed by atoms with van der Waals surface area (Å²) in [6.45, 7) is 4.18. The minimum atomic E-state index is -0.249. The number of aliphatic hydroxyl groups is 1. The van der Waals surface area contributed by atoms with E-state index < -0.39 is 0 Å². The van der Waals surface area contributed by atoms with Gasteiger partial charge in [-0.25, -0.2) is 0 Å². The van der Waals surface area contributed by atoms with Crippen LogP contribution in [0.5, 0.6) is 5.75 Å². The van der Waals surface area contributed by atoms with Crippen LogP contribution in [0.15, 0.2) is 30.5 Å². The molecule has 0 aliphatic heterocycles. The molecular formula is C17H21N3O3. The minimum Gasteiger partial charge on any atom is -0.494 e. The Hall–Kier alpha value is -2.60. The number of anilines is 1. The second-order valence-corrected chi connectivity index (χ2v) is 5.05. The van der Waals surface area contributed by atoms with Crippen LogP contribution in [-0.4, -0.2) is 27.4 Å². The fourth-order valence-electron chi connectivity index (χ4n) is 2.11. The molecule has 0 unspecified atom stereocenters. The zero-order chi connectivity index (χ0) is 16.8. The fourth-order valence-corrected chi connectivity index (χ4v) is 2.11. The molecule has 0 saturated carbocycles. The van der Waals surface area contributed by atoms with Gasteiger partial charge in [0.2, 0.25) is 5.91 Å². The van der Waals surface area contributed by atoms with E-state index in [0.717, 1.165) is 11.3 Å². The van der Waals surface area contributed by atoms with E-state index in [2.05, 4.69) is 10.4 Å². The topological polar surface area (TPSA) is 76.4 Å². The van der Waals surface area contributed by atoms with Gasteiger partial charge in [0.15, 0.2) is 0 Å². The molecule has 1 aromatic heterocycles. The highest BCUT2D eigenvalue weighted by Gasteiger charge is 2.06. The van der Waals surface area contributed by atoms with E-state index in [1.165, 1.54) is 6.08 Å². The average Bonchev–Trinajstić information content (AvgIpc) is 2.86. The lowest BCUT2D eigenvalue weighted by Gasteiger charge is -2.10. The Labute approximate surface area is 135 Å². The number of hydrogen-bond donors (Lipinski definition) is 2. The summed E-state index contributed by atoms with van der Waals surface area (Å²) in [7, 11) is 1.85. The molecule has 0 fully saturated rings. The number of aromatic nitrogens is 2. The van der Waals surface area contributed by atoms with Crippen molar-refractivity contribution in [3.8, 4) is 5.75 Å². The van der Waals surface area contributed by atoms with Crippen molar-refractivity contribution in [3.05, 3.63) is 47.3 Å². The summed E-state index contributed by atoms with van der Waals surface area (Å²) >= 11 is 0. The van der Waals surface area contributed by atoms with Crippen molar-refractivity contribution >= 4 is 17.7 Å². The minimum absolute atomic E-state index is 0.149. The maximum Gasteiger partial charge on any atom is 0.248 e. The number of carbonyl (C=O) groups is 1. The Kier molecular flexibility index (Phi) is 5.54. The monoisotopic (exact) mass is 315 g/mol. The lowest BCUT2D eigenvalue weighted by molar-refractivity contribution is -0.111. The van der Waals surface area contributed by atoms with Gasteiger partial charge >= 0.3 is 0 Å². The number of aliphatic hydroxyl groups excluding tert-OH is 1. The van der Waals surface area contributed by atoms with Crippen molar-refractivity contribution in [2.24, 2.45) is 7.05 Å². The normalized spacial score (nSPS) is 11.0. The summed E-state index contributed by atoms with van der Waals surface area (Å²) in [5.41, 5.74) is 3.12. The van der Waals surface area contributed by atoms with Gasteiger partial charge in [-0.3, -0.25) is 9.48 Å². The van der Waals surface area contributed by atoms with Crippen molar-refractivity contribution in [2.45, 2.75) is 20.5 Å². The van der Waals surface area contributed by atoms with E-state index in [1.54, 1.807) is 35.2 Å². The SMILES string of the molecule is CCOc1ccc(NC(=O)/C=C/c2cnn(C)c2C)cc1CO. The number of hydrogen-bond acceptors (Lipinski definition) is 4. The molecule has 0 spiro atoms. The molecule has 0 saturated heterocycles. The molecule has 1 heterocycles. The first-order valence-electron chi connectivity index (χ1n) is 7.39. The summed E-state index contributed by atoms with van der Waals surface area (Å²) in [6, 6.07) is 5.18. The van der Waals surface area contributed by atoms with Crippen LogP contribution in [0.3, 0.4) is 0 Å². The standard InChI is InChI=1S/C17H21N3O3/c1-4-23-16-7-6-15(9-14(16)11-21)19-17(22)8-5-13-10-18-20(3)12(13)2/h5-10,21H,4,11H2,1-3H3,(H,19,22)/b8-5+. The maximum absolute atomic E-state index is 12.0. The molecule has 6 heteroatoms. The number of amides is 1. The Morgan fingerprint density at radius 3 is 2.87 bits per heavy atom. The molecule has 6 nitrogen and oxygen atoms in total. The molecule has 2 aromatic rings. The highest BCUT2D eigenvalue weighted by molar-refractivity contribution is 6.02. The van der Waals surface area contributed by atoms with Gasteiger partial charge in [0.05, 0.1) is 19.4 Å². The quantitative estimate of drug-likeness (QED) is 0.802. The summed E-state index contributed by atoms with van der Waals surface area (Å²) in [5, 5.41) is 16.3. The van der Waals surface area contributed by atoms with Crippen LogP contribution in [0.25, 0.3) is 6.08 Å². The fraction of sp³-hybridized carbons (Fsp3) is 0.294. The van der Waals surface area contributed by atoms with Gasteiger partial charge in [-0.1, -0.05) is 0 Å². The Morgan fingerprint density at radius 2 is 2.26 bits per heavy atom. The molecule has 0 aliphatic rings. The summed E-state index contributed by atoms with van der Waals surface area (Å²) in [5.74, 6) is 0.371. The summed E-state index contributed by atoms with van der Waals surface area (Å²) in [6.07, 6.45) is 4.89.